The highest BCUT2D eigenvalue weighted by atomic mass is 16.8. The quantitative estimate of drug-likeness (QED) is 0.0853. The van der Waals surface area contributed by atoms with Crippen molar-refractivity contribution in [2.45, 2.75) is 70.7 Å². The monoisotopic (exact) mass is 574 g/mol. The Morgan fingerprint density at radius 3 is 2.59 bits per heavy atom. The summed E-state index contributed by atoms with van der Waals surface area (Å²) in [6.45, 7) is 6.61. The summed E-state index contributed by atoms with van der Waals surface area (Å²) >= 11 is 0. The first-order chi connectivity index (χ1) is 19.6. The number of hydrogen-bond donors (Lipinski definition) is 2. The zero-order valence-corrected chi connectivity index (χ0v) is 23.0. The van der Waals surface area contributed by atoms with Gasteiger partial charge in [-0.05, 0) is 38.8 Å². The summed E-state index contributed by atoms with van der Waals surface area (Å²) in [6, 6.07) is 3.01. The van der Waals surface area contributed by atoms with Crippen LogP contribution in [0.2, 0.25) is 0 Å². The Bertz CT molecular complexity index is 1450. The summed E-state index contributed by atoms with van der Waals surface area (Å²) in [4.78, 5) is 45.8. The van der Waals surface area contributed by atoms with Crippen LogP contribution in [0.25, 0.3) is 11.0 Å². The fraction of sp³-hybridized carbons (Fsp3) is 0.481. The van der Waals surface area contributed by atoms with Crippen LogP contribution in [0, 0.1) is 19.3 Å². The Balaban J connectivity index is 1.64. The normalized spacial score (nSPS) is 23.2. The lowest BCUT2D eigenvalue weighted by Crippen LogP contribution is -2.64. The summed E-state index contributed by atoms with van der Waals surface area (Å²) in [5.74, 6) is 1.93. The van der Waals surface area contributed by atoms with E-state index in [1.807, 2.05) is 19.3 Å². The van der Waals surface area contributed by atoms with Crippen molar-refractivity contribution in [3.05, 3.63) is 33.7 Å². The zero-order valence-electron chi connectivity index (χ0n) is 23.0. The molecule has 1 amide bonds. The second kappa shape index (κ2) is 12.0. The minimum absolute atomic E-state index is 0.0296. The second-order valence-electron chi connectivity index (χ2n) is 9.28. The van der Waals surface area contributed by atoms with Crippen molar-refractivity contribution in [1.29, 1.82) is 0 Å². The maximum atomic E-state index is 12.9. The van der Waals surface area contributed by atoms with Gasteiger partial charge in [0.15, 0.2) is 6.10 Å². The first-order valence-electron chi connectivity index (χ1n) is 12.7. The van der Waals surface area contributed by atoms with Crippen LogP contribution in [-0.2, 0) is 28.6 Å². The van der Waals surface area contributed by atoms with Gasteiger partial charge in [0.2, 0.25) is 12.4 Å². The average molecular weight is 575 g/mol. The van der Waals surface area contributed by atoms with Gasteiger partial charge < -0.3 is 33.2 Å². The molecule has 220 valence electrons. The lowest BCUT2D eigenvalue weighted by atomic mass is 9.82. The van der Waals surface area contributed by atoms with E-state index in [1.54, 1.807) is 13.0 Å². The lowest BCUT2D eigenvalue weighted by Gasteiger charge is -2.48. The number of nitrogens with one attached hydrogen (secondary N) is 1. The number of oxime groups is 1. The third kappa shape index (κ3) is 5.51. The molecule has 2 aliphatic rings. The highest BCUT2D eigenvalue weighted by Crippen LogP contribution is 2.43. The van der Waals surface area contributed by atoms with Gasteiger partial charge >= 0.3 is 17.9 Å². The number of aryl methyl sites for hydroxylation is 1. The number of terminal acetylenes is 1. The molecule has 14 heteroatoms. The van der Waals surface area contributed by atoms with Crippen LogP contribution < -0.4 is 15.8 Å². The number of ether oxygens (including phenoxy) is 5. The van der Waals surface area contributed by atoms with E-state index in [-0.39, 0.29) is 34.6 Å². The number of amides is 1. The highest BCUT2D eigenvalue weighted by molar-refractivity contribution is 6.05. The van der Waals surface area contributed by atoms with E-state index in [0.29, 0.717) is 18.4 Å². The van der Waals surface area contributed by atoms with Gasteiger partial charge in [-0.3, -0.25) is 9.68 Å². The van der Waals surface area contributed by atoms with Crippen molar-refractivity contribution in [3.8, 4) is 23.8 Å². The molecular weight excluding hydrogens is 544 g/mol. The number of fused-ring (bicyclic) bond motifs is 2. The fourth-order valence-electron chi connectivity index (χ4n) is 5.00. The zero-order chi connectivity index (χ0) is 29.9. The van der Waals surface area contributed by atoms with E-state index >= 15 is 0 Å². The molecule has 4 rings (SSSR count). The molecule has 0 spiro atoms. The van der Waals surface area contributed by atoms with E-state index in [9.17, 15) is 19.5 Å². The van der Waals surface area contributed by atoms with Crippen LogP contribution in [0.3, 0.4) is 0 Å². The molecule has 4 atom stereocenters. The Hall–Kier alpha value is -4.32. The summed E-state index contributed by atoms with van der Waals surface area (Å²) in [5.41, 5.74) is 0.0316. The van der Waals surface area contributed by atoms with E-state index in [2.05, 4.69) is 20.8 Å². The molecule has 2 aromatic rings. The third-order valence-electron chi connectivity index (χ3n) is 7.10. The first-order valence-corrected chi connectivity index (χ1v) is 12.7. The predicted octanol–water partition coefficient (Wildman–Crippen LogP) is 3.03. The molecule has 2 saturated heterocycles. The number of aromatic hydroxyl groups is 1. The number of rotatable bonds is 9. The Morgan fingerprint density at radius 1 is 1.22 bits per heavy atom. The standard InChI is InChI=1S/C27H30N2O12/c1-7-12-35-29-25(32)41-28-14(5)17-18(30)15-10-11-16(13(4)19(15)37-23(17)31)36-24-21-20(38-26(33)39-21)22(34-6)27(8-2,9-3)40-24/h1,10-11,20-22,24,30H,8-9,12H2,2-6H3,(H,29,32)/b28-14+/t20-,21+,22+,24+/m0/s1. The highest BCUT2D eigenvalue weighted by Gasteiger charge is 2.61. The minimum atomic E-state index is -1.10. The van der Waals surface area contributed by atoms with E-state index < -0.39 is 53.8 Å². The summed E-state index contributed by atoms with van der Waals surface area (Å²) in [5, 5.41) is 14.6. The van der Waals surface area contributed by atoms with Crippen LogP contribution in [-0.4, -0.2) is 67.0 Å². The Labute approximate surface area is 234 Å². The maximum Gasteiger partial charge on any atom is 0.509 e. The van der Waals surface area contributed by atoms with Gasteiger partial charge in [-0.1, -0.05) is 24.9 Å². The topological polar surface area (TPSA) is 174 Å². The van der Waals surface area contributed by atoms with Crippen molar-refractivity contribution in [2.75, 3.05) is 13.7 Å². The molecule has 0 bridgehead atoms. The predicted molar refractivity (Wildman–Crippen MR) is 140 cm³/mol. The van der Waals surface area contributed by atoms with Crippen molar-refractivity contribution >= 4 is 28.9 Å². The Morgan fingerprint density at radius 2 is 1.93 bits per heavy atom. The van der Waals surface area contributed by atoms with Gasteiger partial charge in [-0.2, -0.15) is 5.48 Å². The van der Waals surface area contributed by atoms with Crippen molar-refractivity contribution in [1.82, 2.24) is 5.48 Å². The number of carbonyl (C=O) groups excluding carboxylic acids is 2. The van der Waals surface area contributed by atoms with Gasteiger partial charge in [-0.25, -0.2) is 14.4 Å². The maximum absolute atomic E-state index is 12.9. The van der Waals surface area contributed by atoms with Gasteiger partial charge in [0.05, 0.1) is 11.1 Å². The number of benzene rings is 1. The van der Waals surface area contributed by atoms with Gasteiger partial charge in [0, 0.05) is 12.7 Å². The van der Waals surface area contributed by atoms with Crippen LogP contribution in [0.15, 0.2) is 26.5 Å². The molecule has 0 saturated carbocycles. The van der Waals surface area contributed by atoms with Crippen LogP contribution in [0.5, 0.6) is 11.5 Å². The van der Waals surface area contributed by atoms with E-state index in [4.69, 9.17) is 34.5 Å². The molecule has 3 heterocycles. The summed E-state index contributed by atoms with van der Waals surface area (Å²) in [6.07, 6.45) is 0.763. The molecule has 14 nitrogen and oxygen atoms in total. The number of hydroxylamine groups is 1. The first kappa shape index (κ1) is 29.7. The van der Waals surface area contributed by atoms with Crippen molar-refractivity contribution in [2.24, 2.45) is 5.16 Å². The van der Waals surface area contributed by atoms with Gasteiger partial charge in [0.1, 0.15) is 41.0 Å². The molecule has 0 radical (unpaired) electrons. The average Bonchev–Trinajstić information content (AvgIpc) is 3.34. The molecule has 2 N–H and O–H groups in total. The van der Waals surface area contributed by atoms with Crippen LogP contribution >= 0.6 is 0 Å². The molecule has 2 fully saturated rings. The van der Waals surface area contributed by atoms with Crippen molar-refractivity contribution in [3.63, 3.8) is 0 Å². The molecule has 0 unspecified atom stereocenters. The summed E-state index contributed by atoms with van der Waals surface area (Å²) < 4.78 is 34.5. The lowest BCUT2D eigenvalue weighted by molar-refractivity contribution is -0.296. The largest absolute Gasteiger partial charge is 0.509 e. The van der Waals surface area contributed by atoms with E-state index in [0.717, 1.165) is 0 Å². The minimum Gasteiger partial charge on any atom is -0.506 e. The smallest absolute Gasteiger partial charge is 0.506 e. The van der Waals surface area contributed by atoms with Crippen molar-refractivity contribution < 1.29 is 52.5 Å². The van der Waals surface area contributed by atoms with Crippen LogP contribution in [0.4, 0.5) is 9.59 Å². The van der Waals surface area contributed by atoms with Gasteiger partial charge in [-0.15, -0.1) is 6.42 Å². The summed E-state index contributed by atoms with van der Waals surface area (Å²) in [7, 11) is 1.51. The molecule has 1 aromatic carbocycles. The molecular formula is C27H30N2O12. The Kier molecular flexibility index (Phi) is 8.72. The van der Waals surface area contributed by atoms with Crippen LogP contribution in [0.1, 0.15) is 44.7 Å². The van der Waals surface area contributed by atoms with E-state index in [1.165, 1.54) is 20.1 Å². The molecule has 0 aliphatic carbocycles. The number of nitrogens with zero attached hydrogens (tertiary/aromatic N) is 1. The molecule has 1 aromatic heterocycles. The van der Waals surface area contributed by atoms with Gasteiger partial charge in [0.25, 0.3) is 0 Å². The number of carbonyl (C=O) groups is 2. The number of methoxy groups -OCH3 is 1. The molecule has 41 heavy (non-hydrogen) atoms. The second-order valence-corrected chi connectivity index (χ2v) is 9.28. The number of hydrogen-bond acceptors (Lipinski definition) is 13. The fourth-order valence-corrected chi connectivity index (χ4v) is 5.00. The SMILES string of the molecule is C#CCONC(=O)O/N=C(\C)c1c(O)c2ccc(O[C@@H]3OC(CC)(CC)[C@H](OC)[C@H]4OC(=O)O[C@@H]34)c(C)c2oc1=O. The molecule has 2 aliphatic heterocycles. The third-order valence-corrected chi connectivity index (χ3v) is 7.10.